The molecule has 0 bridgehead atoms. The summed E-state index contributed by atoms with van der Waals surface area (Å²) in [6.07, 6.45) is 1.78. The number of pyridine rings is 1. The van der Waals surface area contributed by atoms with Crippen LogP contribution < -0.4 is 0 Å². The summed E-state index contributed by atoms with van der Waals surface area (Å²) in [5, 5.41) is 16.6. The van der Waals surface area contributed by atoms with Crippen LogP contribution >= 0.6 is 0 Å². The van der Waals surface area contributed by atoms with E-state index in [1.165, 1.54) is 0 Å². The van der Waals surface area contributed by atoms with E-state index in [1.807, 2.05) is 23.9 Å². The Hall–Kier alpha value is -2.36. The lowest BCUT2D eigenvalue weighted by Gasteiger charge is -2.28. The highest BCUT2D eigenvalue weighted by Gasteiger charge is 2.27. The number of rotatable bonds is 1. The summed E-state index contributed by atoms with van der Waals surface area (Å²) in [6, 6.07) is 8.12. The lowest BCUT2D eigenvalue weighted by atomic mass is 9.78. The van der Waals surface area contributed by atoms with E-state index in [0.29, 0.717) is 5.75 Å². The number of aryl methyl sites for hydroxylation is 1. The minimum Gasteiger partial charge on any atom is -0.507 e. The predicted octanol–water partition coefficient (Wildman–Crippen LogP) is 4.94. The minimum absolute atomic E-state index is 0.164. The van der Waals surface area contributed by atoms with E-state index >= 15 is 0 Å². The van der Waals surface area contributed by atoms with Crippen LogP contribution in [0.25, 0.3) is 22.3 Å². The Bertz CT molecular complexity index is 905. The number of phenols is 1. The molecule has 25 heavy (non-hydrogen) atoms. The van der Waals surface area contributed by atoms with E-state index in [1.54, 1.807) is 6.20 Å². The second-order valence-electron chi connectivity index (χ2n) is 8.77. The fourth-order valence-electron chi connectivity index (χ4n) is 3.22. The first-order valence-electron chi connectivity index (χ1n) is 8.66. The molecule has 0 saturated carbocycles. The standard InChI is InChI=1S/C21H27N3O/c1-20(2,3)15-11-13(12-16(18(15)25)21(4,5)6)17-14-9-8-10-22-19(14)24(7)23-17/h8-12,25H,1-7H3. The molecule has 3 aromatic rings. The topological polar surface area (TPSA) is 50.9 Å². The number of aromatic nitrogens is 3. The monoisotopic (exact) mass is 337 g/mol. The molecule has 3 rings (SSSR count). The Kier molecular flexibility index (Phi) is 3.90. The molecule has 4 heteroatoms. The molecule has 0 aliphatic heterocycles. The van der Waals surface area contributed by atoms with Gasteiger partial charge in [0.15, 0.2) is 5.65 Å². The average Bonchev–Trinajstić information content (AvgIpc) is 2.83. The molecule has 2 heterocycles. The van der Waals surface area contributed by atoms with Crippen molar-refractivity contribution < 1.29 is 5.11 Å². The van der Waals surface area contributed by atoms with Gasteiger partial charge >= 0.3 is 0 Å². The average molecular weight is 337 g/mol. The van der Waals surface area contributed by atoms with Crippen molar-refractivity contribution in [2.45, 2.75) is 52.4 Å². The quantitative estimate of drug-likeness (QED) is 0.684. The Morgan fingerprint density at radius 3 is 2.04 bits per heavy atom. The largest absolute Gasteiger partial charge is 0.507 e. The van der Waals surface area contributed by atoms with Gasteiger partial charge in [0.05, 0.1) is 0 Å². The van der Waals surface area contributed by atoms with Gasteiger partial charge in [0.1, 0.15) is 11.4 Å². The van der Waals surface area contributed by atoms with E-state index in [-0.39, 0.29) is 10.8 Å². The first-order valence-corrected chi connectivity index (χ1v) is 8.66. The normalized spacial score (nSPS) is 12.8. The van der Waals surface area contributed by atoms with Crippen LogP contribution in [0.1, 0.15) is 52.7 Å². The lowest BCUT2D eigenvalue weighted by molar-refractivity contribution is 0.423. The Morgan fingerprint density at radius 1 is 0.960 bits per heavy atom. The first-order chi connectivity index (χ1) is 11.5. The van der Waals surface area contributed by atoms with Crippen LogP contribution in [0.5, 0.6) is 5.75 Å². The van der Waals surface area contributed by atoms with Crippen LogP contribution in [-0.4, -0.2) is 19.9 Å². The maximum absolute atomic E-state index is 10.9. The number of benzene rings is 1. The molecule has 0 amide bonds. The lowest BCUT2D eigenvalue weighted by Crippen LogP contribution is -2.17. The third-order valence-corrected chi connectivity index (χ3v) is 4.60. The maximum atomic E-state index is 10.9. The van der Waals surface area contributed by atoms with Crippen LogP contribution in [0.15, 0.2) is 30.5 Å². The van der Waals surface area contributed by atoms with Crippen LogP contribution in [0.4, 0.5) is 0 Å². The van der Waals surface area contributed by atoms with Gasteiger partial charge in [-0.2, -0.15) is 5.10 Å². The molecule has 4 nitrogen and oxygen atoms in total. The van der Waals surface area contributed by atoms with E-state index < -0.39 is 0 Å². The molecule has 1 aromatic carbocycles. The Labute approximate surface area is 149 Å². The maximum Gasteiger partial charge on any atom is 0.158 e. The molecule has 0 aliphatic carbocycles. The summed E-state index contributed by atoms with van der Waals surface area (Å²) < 4.78 is 1.81. The molecule has 0 aliphatic rings. The summed E-state index contributed by atoms with van der Waals surface area (Å²) in [6.45, 7) is 12.7. The highest BCUT2D eigenvalue weighted by Crippen LogP contribution is 2.42. The van der Waals surface area contributed by atoms with Crippen molar-refractivity contribution in [3.05, 3.63) is 41.6 Å². The van der Waals surface area contributed by atoms with Crippen molar-refractivity contribution in [2.75, 3.05) is 0 Å². The van der Waals surface area contributed by atoms with Gasteiger partial charge in [-0.15, -0.1) is 0 Å². The van der Waals surface area contributed by atoms with Gasteiger partial charge in [0, 0.05) is 35.3 Å². The zero-order chi connectivity index (χ0) is 18.6. The van der Waals surface area contributed by atoms with Gasteiger partial charge in [-0.3, -0.25) is 0 Å². The molecule has 2 aromatic heterocycles. The van der Waals surface area contributed by atoms with Gasteiger partial charge < -0.3 is 5.11 Å². The predicted molar refractivity (Wildman–Crippen MR) is 103 cm³/mol. The van der Waals surface area contributed by atoms with Crippen molar-refractivity contribution in [3.63, 3.8) is 0 Å². The third kappa shape index (κ3) is 3.01. The van der Waals surface area contributed by atoms with Crippen molar-refractivity contribution in [2.24, 2.45) is 7.05 Å². The number of hydrogen-bond donors (Lipinski definition) is 1. The summed E-state index contributed by atoms with van der Waals surface area (Å²) in [4.78, 5) is 4.44. The summed E-state index contributed by atoms with van der Waals surface area (Å²) in [5.41, 5.74) is 4.34. The zero-order valence-corrected chi connectivity index (χ0v) is 16.2. The minimum atomic E-state index is -0.164. The van der Waals surface area contributed by atoms with Gasteiger partial charge in [-0.25, -0.2) is 9.67 Å². The highest BCUT2D eigenvalue weighted by atomic mass is 16.3. The SMILES string of the molecule is Cn1nc(-c2cc(C(C)(C)C)c(O)c(C(C)(C)C)c2)c2cccnc21. The van der Waals surface area contributed by atoms with Crippen molar-refractivity contribution in [1.29, 1.82) is 0 Å². The second-order valence-corrected chi connectivity index (χ2v) is 8.77. The smallest absolute Gasteiger partial charge is 0.158 e. The third-order valence-electron chi connectivity index (χ3n) is 4.60. The van der Waals surface area contributed by atoms with Crippen molar-refractivity contribution in [3.8, 4) is 17.0 Å². The van der Waals surface area contributed by atoms with E-state index in [9.17, 15) is 5.11 Å². The van der Waals surface area contributed by atoms with E-state index in [2.05, 4.69) is 58.7 Å². The van der Waals surface area contributed by atoms with Crippen molar-refractivity contribution in [1.82, 2.24) is 14.8 Å². The molecular weight excluding hydrogens is 310 g/mol. The first kappa shape index (κ1) is 17.5. The Morgan fingerprint density at radius 2 is 1.52 bits per heavy atom. The van der Waals surface area contributed by atoms with Gasteiger partial charge in [0.25, 0.3) is 0 Å². The molecule has 0 spiro atoms. The van der Waals surface area contributed by atoms with Gasteiger partial charge in [0.2, 0.25) is 0 Å². The summed E-state index contributed by atoms with van der Waals surface area (Å²) in [5.74, 6) is 0.391. The van der Waals surface area contributed by atoms with Gasteiger partial charge in [-0.05, 0) is 35.1 Å². The van der Waals surface area contributed by atoms with E-state index in [0.717, 1.165) is 33.4 Å². The zero-order valence-electron chi connectivity index (χ0n) is 16.2. The Balaban J connectivity index is 2.36. The van der Waals surface area contributed by atoms with Crippen LogP contribution in [0.3, 0.4) is 0 Å². The number of aromatic hydroxyl groups is 1. The second kappa shape index (κ2) is 5.58. The molecule has 1 N–H and O–H groups in total. The van der Waals surface area contributed by atoms with Crippen LogP contribution in [-0.2, 0) is 17.9 Å². The molecule has 132 valence electrons. The van der Waals surface area contributed by atoms with Crippen LogP contribution in [0.2, 0.25) is 0 Å². The fourth-order valence-corrected chi connectivity index (χ4v) is 3.22. The molecular formula is C21H27N3O. The molecule has 0 saturated heterocycles. The molecule has 0 radical (unpaired) electrons. The van der Waals surface area contributed by atoms with E-state index in [4.69, 9.17) is 5.10 Å². The summed E-state index contributed by atoms with van der Waals surface area (Å²) in [7, 11) is 1.91. The van der Waals surface area contributed by atoms with Crippen LogP contribution in [0, 0.1) is 0 Å². The highest BCUT2D eigenvalue weighted by molar-refractivity contribution is 5.91. The molecule has 0 unspecified atom stereocenters. The molecule has 0 fully saturated rings. The fraction of sp³-hybridized carbons (Fsp3) is 0.429. The number of phenolic OH excluding ortho intramolecular Hbond substituents is 1. The van der Waals surface area contributed by atoms with Gasteiger partial charge in [-0.1, -0.05) is 41.5 Å². The number of fused-ring (bicyclic) bond motifs is 1. The molecule has 0 atom stereocenters. The summed E-state index contributed by atoms with van der Waals surface area (Å²) >= 11 is 0. The number of nitrogens with zero attached hydrogens (tertiary/aromatic N) is 3. The number of hydrogen-bond acceptors (Lipinski definition) is 3. The van der Waals surface area contributed by atoms with Crippen molar-refractivity contribution >= 4 is 11.0 Å².